The van der Waals surface area contributed by atoms with Crippen molar-refractivity contribution in [2.45, 2.75) is 19.8 Å². The highest BCUT2D eigenvalue weighted by Crippen LogP contribution is 2.32. The summed E-state index contributed by atoms with van der Waals surface area (Å²) in [7, 11) is 5.52. The van der Waals surface area contributed by atoms with Crippen LogP contribution in [0.15, 0.2) is 18.2 Å². The van der Waals surface area contributed by atoms with Crippen LogP contribution in [0.5, 0.6) is 0 Å². The molecule has 0 radical (unpaired) electrons. The Bertz CT molecular complexity index is 689. The van der Waals surface area contributed by atoms with Gasteiger partial charge < -0.3 is 19.3 Å². The maximum atomic E-state index is 11.4. The van der Waals surface area contributed by atoms with Crippen LogP contribution in [0.3, 0.4) is 0 Å². The fourth-order valence-corrected chi connectivity index (χ4v) is 2.75. The van der Waals surface area contributed by atoms with Crippen molar-refractivity contribution < 1.29 is 14.6 Å². The molecule has 1 aromatic heterocycles. The molecular weight excluding hydrogens is 280 g/mol. The highest BCUT2D eigenvalue weighted by molar-refractivity contribution is 5.97. The van der Waals surface area contributed by atoms with Crippen LogP contribution in [-0.4, -0.2) is 43.0 Å². The number of carboxylic acids is 1. The van der Waals surface area contributed by atoms with Crippen LogP contribution in [0, 0.1) is 0 Å². The quantitative estimate of drug-likeness (QED) is 0.891. The Balaban J connectivity index is 2.61. The first-order valence-corrected chi connectivity index (χ1v) is 7.43. The minimum atomic E-state index is -0.900. The van der Waals surface area contributed by atoms with Gasteiger partial charge in [-0.3, -0.25) is 0 Å². The Labute approximate surface area is 131 Å². The lowest BCUT2D eigenvalue weighted by molar-refractivity contribution is 0.0687. The first-order valence-electron chi connectivity index (χ1n) is 7.43. The molecule has 1 N–H and O–H groups in total. The van der Waals surface area contributed by atoms with Crippen LogP contribution in [-0.2, 0) is 11.8 Å². The van der Waals surface area contributed by atoms with Crippen molar-refractivity contribution in [3.05, 3.63) is 29.5 Å². The van der Waals surface area contributed by atoms with E-state index in [1.165, 1.54) is 0 Å². The third kappa shape index (κ3) is 2.95. The molecule has 0 spiro atoms. The molecule has 120 valence electrons. The molecule has 0 fully saturated rings. The van der Waals surface area contributed by atoms with E-state index in [0.717, 1.165) is 28.7 Å². The number of benzene rings is 1. The summed E-state index contributed by atoms with van der Waals surface area (Å²) in [4.78, 5) is 13.5. The zero-order chi connectivity index (χ0) is 16.4. The van der Waals surface area contributed by atoms with Crippen molar-refractivity contribution in [1.29, 1.82) is 0 Å². The standard InChI is InChI=1S/C17H24N2O3/c1-11(2)14-10-13(18(3)6-7-22-5)8-12-9-15(17(20)21)19(4)16(12)14/h8-11H,6-7H2,1-5H3,(H,20,21). The predicted octanol–water partition coefficient (Wildman–Crippen LogP) is 3.08. The number of aromatic nitrogens is 1. The van der Waals surface area contributed by atoms with E-state index in [1.54, 1.807) is 17.7 Å². The number of rotatable bonds is 6. The number of hydrogen-bond acceptors (Lipinski definition) is 3. The van der Waals surface area contributed by atoms with Gasteiger partial charge in [0.1, 0.15) is 5.69 Å². The van der Waals surface area contributed by atoms with E-state index >= 15 is 0 Å². The molecule has 0 aliphatic carbocycles. The number of methoxy groups -OCH3 is 1. The molecular formula is C17H24N2O3. The van der Waals surface area contributed by atoms with Gasteiger partial charge in [-0.15, -0.1) is 0 Å². The molecule has 1 aromatic carbocycles. The highest BCUT2D eigenvalue weighted by atomic mass is 16.5. The number of aryl methyl sites for hydroxylation is 1. The third-order valence-corrected chi connectivity index (χ3v) is 4.06. The molecule has 5 nitrogen and oxygen atoms in total. The molecule has 0 bridgehead atoms. The molecule has 2 rings (SSSR count). The predicted molar refractivity (Wildman–Crippen MR) is 89.1 cm³/mol. The first-order chi connectivity index (χ1) is 10.4. The van der Waals surface area contributed by atoms with Gasteiger partial charge in [0.2, 0.25) is 0 Å². The van der Waals surface area contributed by atoms with Crippen LogP contribution < -0.4 is 4.90 Å². The van der Waals surface area contributed by atoms with Gasteiger partial charge in [-0.1, -0.05) is 13.8 Å². The zero-order valence-corrected chi connectivity index (χ0v) is 13.9. The molecule has 0 unspecified atom stereocenters. The van der Waals surface area contributed by atoms with Gasteiger partial charge in [0.05, 0.1) is 12.1 Å². The molecule has 5 heteroatoms. The summed E-state index contributed by atoms with van der Waals surface area (Å²) in [6.07, 6.45) is 0. The number of hydrogen-bond donors (Lipinski definition) is 1. The summed E-state index contributed by atoms with van der Waals surface area (Å²) in [5, 5.41) is 10.3. The van der Waals surface area contributed by atoms with Crippen molar-refractivity contribution in [1.82, 2.24) is 4.57 Å². The molecule has 1 heterocycles. The second kappa shape index (κ2) is 6.40. The summed E-state index contributed by atoms with van der Waals surface area (Å²) in [5.41, 5.74) is 3.55. The van der Waals surface area contributed by atoms with Crippen molar-refractivity contribution >= 4 is 22.6 Å². The SMILES string of the molecule is COCCN(C)c1cc(C(C)C)c2c(c1)cc(C(=O)O)n2C. The van der Waals surface area contributed by atoms with Crippen LogP contribution >= 0.6 is 0 Å². The van der Waals surface area contributed by atoms with Crippen LogP contribution in [0.4, 0.5) is 5.69 Å². The summed E-state index contributed by atoms with van der Waals surface area (Å²) >= 11 is 0. The summed E-state index contributed by atoms with van der Waals surface area (Å²) in [6.45, 7) is 5.70. The molecule has 0 saturated heterocycles. The first kappa shape index (κ1) is 16.4. The van der Waals surface area contributed by atoms with Gasteiger partial charge in [0.25, 0.3) is 0 Å². The number of anilines is 1. The molecule has 0 amide bonds. The molecule has 2 aromatic rings. The van der Waals surface area contributed by atoms with Gasteiger partial charge in [-0.2, -0.15) is 0 Å². The second-order valence-electron chi connectivity index (χ2n) is 5.94. The third-order valence-electron chi connectivity index (χ3n) is 4.06. The van der Waals surface area contributed by atoms with Gasteiger partial charge >= 0.3 is 5.97 Å². The average molecular weight is 304 g/mol. The number of carboxylic acid groups (broad SMARTS) is 1. The Hall–Kier alpha value is -2.01. The maximum Gasteiger partial charge on any atom is 0.352 e. The number of carbonyl (C=O) groups is 1. The van der Waals surface area contributed by atoms with Crippen LogP contribution in [0.1, 0.15) is 35.8 Å². The fourth-order valence-electron chi connectivity index (χ4n) is 2.75. The Morgan fingerprint density at radius 3 is 2.59 bits per heavy atom. The number of fused-ring (bicyclic) bond motifs is 1. The molecule has 22 heavy (non-hydrogen) atoms. The Morgan fingerprint density at radius 2 is 2.05 bits per heavy atom. The van der Waals surface area contributed by atoms with E-state index in [4.69, 9.17) is 4.74 Å². The maximum absolute atomic E-state index is 11.4. The van der Waals surface area contributed by atoms with Crippen LogP contribution in [0.25, 0.3) is 10.9 Å². The van der Waals surface area contributed by atoms with E-state index in [0.29, 0.717) is 18.2 Å². The Morgan fingerprint density at radius 1 is 1.36 bits per heavy atom. The smallest absolute Gasteiger partial charge is 0.352 e. The highest BCUT2D eigenvalue weighted by Gasteiger charge is 2.18. The number of likely N-dealkylation sites (N-methyl/N-ethyl adjacent to an activating group) is 1. The van der Waals surface area contributed by atoms with Gasteiger partial charge in [-0.05, 0) is 29.7 Å². The number of nitrogens with zero attached hydrogens (tertiary/aromatic N) is 2. The lowest BCUT2D eigenvalue weighted by atomic mass is 9.99. The van der Waals surface area contributed by atoms with E-state index in [2.05, 4.69) is 24.8 Å². The largest absolute Gasteiger partial charge is 0.477 e. The van der Waals surface area contributed by atoms with Crippen molar-refractivity contribution in [2.75, 3.05) is 32.2 Å². The number of ether oxygens (including phenoxy) is 1. The van der Waals surface area contributed by atoms with Gasteiger partial charge in [0.15, 0.2) is 0 Å². The zero-order valence-electron chi connectivity index (χ0n) is 13.9. The summed E-state index contributed by atoms with van der Waals surface area (Å²) in [6, 6.07) is 5.94. The van der Waals surface area contributed by atoms with E-state index in [9.17, 15) is 9.90 Å². The minimum Gasteiger partial charge on any atom is -0.477 e. The van der Waals surface area contributed by atoms with Crippen molar-refractivity contribution in [2.24, 2.45) is 7.05 Å². The topological polar surface area (TPSA) is 54.7 Å². The van der Waals surface area contributed by atoms with E-state index in [-0.39, 0.29) is 0 Å². The van der Waals surface area contributed by atoms with E-state index < -0.39 is 5.97 Å². The van der Waals surface area contributed by atoms with Crippen LogP contribution in [0.2, 0.25) is 0 Å². The Kier molecular flexibility index (Phi) is 4.76. The van der Waals surface area contributed by atoms with Gasteiger partial charge in [-0.25, -0.2) is 4.79 Å². The van der Waals surface area contributed by atoms with Crippen molar-refractivity contribution in [3.8, 4) is 0 Å². The average Bonchev–Trinajstić information content (AvgIpc) is 2.81. The number of aromatic carboxylic acids is 1. The monoisotopic (exact) mass is 304 g/mol. The normalized spacial score (nSPS) is 11.4. The van der Waals surface area contributed by atoms with Gasteiger partial charge in [0, 0.05) is 38.8 Å². The summed E-state index contributed by atoms with van der Waals surface area (Å²) in [5.74, 6) is -0.587. The lowest BCUT2D eigenvalue weighted by Gasteiger charge is -2.21. The minimum absolute atomic E-state index is 0.313. The molecule has 0 atom stereocenters. The van der Waals surface area contributed by atoms with E-state index in [1.807, 2.05) is 20.2 Å². The lowest BCUT2D eigenvalue weighted by Crippen LogP contribution is -2.22. The molecule has 0 aliphatic rings. The summed E-state index contributed by atoms with van der Waals surface area (Å²) < 4.78 is 6.90. The second-order valence-corrected chi connectivity index (χ2v) is 5.94. The fraction of sp³-hybridized carbons (Fsp3) is 0.471. The van der Waals surface area contributed by atoms with Crippen molar-refractivity contribution in [3.63, 3.8) is 0 Å². The molecule has 0 saturated carbocycles. The molecule has 0 aliphatic heterocycles.